The van der Waals surface area contributed by atoms with Gasteiger partial charge in [-0.3, -0.25) is 9.59 Å². The van der Waals surface area contributed by atoms with Gasteiger partial charge in [0, 0.05) is 29.1 Å². The number of piperidine rings is 3. The van der Waals surface area contributed by atoms with Crippen molar-refractivity contribution in [1.29, 1.82) is 0 Å². The first-order valence-electron chi connectivity index (χ1n) is 12.6. The minimum Gasteiger partial charge on any atom is -0.350 e. The van der Waals surface area contributed by atoms with E-state index in [9.17, 15) is 22.8 Å². The van der Waals surface area contributed by atoms with Gasteiger partial charge in [-0.15, -0.1) is 0 Å². The Labute approximate surface area is 234 Å². The van der Waals surface area contributed by atoms with Crippen molar-refractivity contribution in [2.45, 2.75) is 55.8 Å². The van der Waals surface area contributed by atoms with Crippen molar-refractivity contribution in [3.05, 3.63) is 68.2 Å². The minimum atomic E-state index is -4.59. The van der Waals surface area contributed by atoms with E-state index in [0.29, 0.717) is 39.9 Å². The molecule has 3 aliphatic heterocycles. The van der Waals surface area contributed by atoms with Crippen LogP contribution >= 0.6 is 34.8 Å². The highest BCUT2D eigenvalue weighted by Gasteiger charge is 2.53. The summed E-state index contributed by atoms with van der Waals surface area (Å²) in [6.07, 6.45) is -1.50. The normalized spacial score (nSPS) is 24.5. The largest absolute Gasteiger partial charge is 0.417 e. The topological polar surface area (TPSA) is 61.4 Å². The third-order valence-corrected chi connectivity index (χ3v) is 8.88. The summed E-state index contributed by atoms with van der Waals surface area (Å²) in [6.45, 7) is 2.75. The van der Waals surface area contributed by atoms with Gasteiger partial charge in [-0.2, -0.15) is 13.2 Å². The summed E-state index contributed by atoms with van der Waals surface area (Å²) >= 11 is 18.4. The van der Waals surface area contributed by atoms with E-state index in [-0.39, 0.29) is 24.3 Å². The fourth-order valence-electron chi connectivity index (χ4n) is 5.69. The van der Waals surface area contributed by atoms with Crippen LogP contribution in [0.4, 0.5) is 13.2 Å². The Morgan fingerprint density at radius 3 is 2.29 bits per heavy atom. The second-order valence-electron chi connectivity index (χ2n) is 10.5. The molecule has 5 nitrogen and oxygen atoms in total. The van der Waals surface area contributed by atoms with Crippen molar-refractivity contribution in [3.8, 4) is 0 Å². The molecule has 6 rings (SSSR count). The molecule has 204 valence electrons. The first-order valence-corrected chi connectivity index (χ1v) is 13.7. The lowest BCUT2D eigenvalue weighted by molar-refractivity contribution is -0.137. The van der Waals surface area contributed by atoms with Crippen LogP contribution in [0.5, 0.6) is 0 Å². The Hall–Kier alpha value is -2.00. The second kappa shape index (κ2) is 10.5. The fourth-order valence-corrected chi connectivity index (χ4v) is 6.59. The van der Waals surface area contributed by atoms with Crippen LogP contribution in [0.1, 0.15) is 42.4 Å². The Bertz CT molecular complexity index is 1240. The van der Waals surface area contributed by atoms with E-state index >= 15 is 0 Å². The molecule has 0 spiro atoms. The minimum absolute atomic E-state index is 0.0129. The molecule has 4 aliphatic rings. The van der Waals surface area contributed by atoms with Gasteiger partial charge in [0.05, 0.1) is 16.0 Å². The molecule has 1 saturated carbocycles. The van der Waals surface area contributed by atoms with Crippen molar-refractivity contribution in [1.82, 2.24) is 15.5 Å². The number of fused-ring (bicyclic) bond motifs is 3. The number of carbonyl (C=O) groups is 2. The van der Waals surface area contributed by atoms with Crippen molar-refractivity contribution in [2.24, 2.45) is 5.92 Å². The fraction of sp³-hybridized carbons (Fsp3) is 0.481. The molecular weight excluding hydrogens is 562 g/mol. The third-order valence-electron chi connectivity index (χ3n) is 8.02. The number of alkyl halides is 3. The molecule has 1 aliphatic carbocycles. The predicted octanol–water partition coefficient (Wildman–Crippen LogP) is 5.64. The zero-order valence-corrected chi connectivity index (χ0v) is 22.7. The lowest BCUT2D eigenvalue weighted by atomic mass is 9.84. The van der Waals surface area contributed by atoms with Gasteiger partial charge in [-0.05, 0) is 80.1 Å². The maximum absolute atomic E-state index is 13.6. The maximum atomic E-state index is 13.6. The van der Waals surface area contributed by atoms with E-state index in [1.54, 1.807) is 18.2 Å². The van der Waals surface area contributed by atoms with E-state index in [0.717, 1.165) is 38.5 Å². The maximum Gasteiger partial charge on any atom is 0.417 e. The van der Waals surface area contributed by atoms with Gasteiger partial charge >= 0.3 is 6.18 Å². The van der Waals surface area contributed by atoms with E-state index in [1.165, 1.54) is 12.1 Å². The van der Waals surface area contributed by atoms with Crippen molar-refractivity contribution in [3.63, 3.8) is 0 Å². The molecular formula is C27H27Cl3F3N3O2. The summed E-state index contributed by atoms with van der Waals surface area (Å²) in [5, 5.41) is 6.35. The van der Waals surface area contributed by atoms with Crippen LogP contribution in [0, 0.1) is 5.92 Å². The van der Waals surface area contributed by atoms with E-state index < -0.39 is 28.2 Å². The Balaban J connectivity index is 1.38. The molecule has 11 heteroatoms. The molecule has 2 N–H and O–H groups in total. The van der Waals surface area contributed by atoms with E-state index in [4.69, 9.17) is 34.8 Å². The summed E-state index contributed by atoms with van der Waals surface area (Å²) in [5.74, 6) is -0.358. The standard InChI is InChI=1S/C27H27Cl3F3N3O2/c28-17-2-4-18(21(30)13-17)26(7-8-26)25(38)35-22(12-15-1-3-19(20(29)11-15)27(31,32)33)24(37)34-23-14-36-9-5-16(23)6-10-36/h1-4,11,13,16,22-23H,5-10,12,14H2,(H,34,37)(H,35,38). The number of rotatable bonds is 7. The molecule has 4 fully saturated rings. The lowest BCUT2D eigenvalue weighted by Crippen LogP contribution is -2.60. The average Bonchev–Trinajstić information content (AvgIpc) is 3.65. The summed E-state index contributed by atoms with van der Waals surface area (Å²) in [5.41, 5.74) is -0.787. The quantitative estimate of drug-likeness (QED) is 0.441. The molecule has 0 radical (unpaired) electrons. The molecule has 2 atom stereocenters. The highest BCUT2D eigenvalue weighted by molar-refractivity contribution is 6.35. The first kappa shape index (κ1) is 27.6. The number of carbonyl (C=O) groups excluding carboxylic acids is 2. The van der Waals surface area contributed by atoms with Crippen LogP contribution < -0.4 is 10.6 Å². The second-order valence-corrected chi connectivity index (χ2v) is 11.8. The molecule has 2 aromatic rings. The van der Waals surface area contributed by atoms with Crippen LogP contribution in [-0.4, -0.2) is 48.4 Å². The third kappa shape index (κ3) is 5.64. The van der Waals surface area contributed by atoms with Crippen molar-refractivity contribution >= 4 is 46.6 Å². The van der Waals surface area contributed by atoms with Gasteiger partial charge in [0.1, 0.15) is 6.04 Å². The summed E-state index contributed by atoms with van der Waals surface area (Å²) in [6, 6.07) is 7.31. The molecule has 2 bridgehead atoms. The molecule has 2 amide bonds. The van der Waals surface area contributed by atoms with Gasteiger partial charge < -0.3 is 15.5 Å². The Morgan fingerprint density at radius 2 is 1.74 bits per heavy atom. The smallest absolute Gasteiger partial charge is 0.350 e. The number of benzene rings is 2. The van der Waals surface area contributed by atoms with Crippen molar-refractivity contribution in [2.75, 3.05) is 19.6 Å². The highest BCUT2D eigenvalue weighted by Crippen LogP contribution is 2.51. The Morgan fingerprint density at radius 1 is 1.03 bits per heavy atom. The average molecular weight is 589 g/mol. The molecule has 2 unspecified atom stereocenters. The number of hydrogen-bond donors (Lipinski definition) is 2. The van der Waals surface area contributed by atoms with Gasteiger partial charge in [-0.1, -0.05) is 46.9 Å². The predicted molar refractivity (Wildman–Crippen MR) is 141 cm³/mol. The van der Waals surface area contributed by atoms with Crippen LogP contribution in [0.25, 0.3) is 0 Å². The summed E-state index contributed by atoms with van der Waals surface area (Å²) in [4.78, 5) is 29.4. The first-order chi connectivity index (χ1) is 18.0. The number of hydrogen-bond acceptors (Lipinski definition) is 3. The number of nitrogens with one attached hydrogen (secondary N) is 2. The van der Waals surface area contributed by atoms with Gasteiger partial charge in [0.15, 0.2) is 0 Å². The van der Waals surface area contributed by atoms with Crippen LogP contribution in [0.15, 0.2) is 36.4 Å². The lowest BCUT2D eigenvalue weighted by Gasteiger charge is -2.45. The number of nitrogens with zero attached hydrogens (tertiary/aromatic N) is 1. The van der Waals surface area contributed by atoms with E-state index in [2.05, 4.69) is 15.5 Å². The summed E-state index contributed by atoms with van der Waals surface area (Å²) in [7, 11) is 0. The highest BCUT2D eigenvalue weighted by atomic mass is 35.5. The van der Waals surface area contributed by atoms with Crippen LogP contribution in [-0.2, 0) is 27.6 Å². The molecule has 38 heavy (non-hydrogen) atoms. The van der Waals surface area contributed by atoms with Gasteiger partial charge in [0.25, 0.3) is 0 Å². The van der Waals surface area contributed by atoms with Crippen LogP contribution in [0.3, 0.4) is 0 Å². The van der Waals surface area contributed by atoms with E-state index in [1.807, 2.05) is 0 Å². The van der Waals surface area contributed by atoms with Crippen molar-refractivity contribution < 1.29 is 22.8 Å². The monoisotopic (exact) mass is 587 g/mol. The molecule has 2 aromatic carbocycles. The molecule has 3 heterocycles. The Kier molecular flexibility index (Phi) is 7.63. The molecule has 0 aromatic heterocycles. The zero-order valence-electron chi connectivity index (χ0n) is 20.4. The van der Waals surface area contributed by atoms with Gasteiger partial charge in [-0.25, -0.2) is 0 Å². The number of amides is 2. The molecule has 3 saturated heterocycles. The van der Waals surface area contributed by atoms with Crippen LogP contribution in [0.2, 0.25) is 15.1 Å². The summed E-state index contributed by atoms with van der Waals surface area (Å²) < 4.78 is 39.6. The van der Waals surface area contributed by atoms with Gasteiger partial charge in [0.2, 0.25) is 11.8 Å². The zero-order chi connectivity index (χ0) is 27.2. The SMILES string of the molecule is O=C(NC1CN2CCC1CC2)C(Cc1ccc(C(F)(F)F)c(Cl)c1)NC(=O)C1(c2ccc(Cl)cc2Cl)CC1. The number of halogens is 6.